The lowest BCUT2D eigenvalue weighted by atomic mass is 9.96. The Hall–Kier alpha value is -2.02. The average Bonchev–Trinajstić information content (AvgIpc) is 2.93. The molecule has 0 radical (unpaired) electrons. The molecule has 21 heavy (non-hydrogen) atoms. The van der Waals surface area contributed by atoms with Crippen LogP contribution in [0.3, 0.4) is 0 Å². The van der Waals surface area contributed by atoms with Crippen LogP contribution in [0.2, 0.25) is 0 Å². The van der Waals surface area contributed by atoms with Crippen LogP contribution in [-0.4, -0.2) is 33.9 Å². The van der Waals surface area contributed by atoms with Crippen LogP contribution < -0.4 is 10.2 Å². The number of amides is 1. The molecule has 110 valence electrons. The van der Waals surface area contributed by atoms with Gasteiger partial charge in [0.25, 0.3) is 0 Å². The summed E-state index contributed by atoms with van der Waals surface area (Å²) in [7, 11) is 0. The maximum absolute atomic E-state index is 12.2. The van der Waals surface area contributed by atoms with Gasteiger partial charge in [-0.05, 0) is 19.8 Å². The number of carbonyl (C=O) groups excluding carboxylic acids is 1. The van der Waals surface area contributed by atoms with Gasteiger partial charge < -0.3 is 10.2 Å². The van der Waals surface area contributed by atoms with Crippen LogP contribution in [-0.2, 0) is 4.79 Å². The molecular formula is C14H17N5OS. The van der Waals surface area contributed by atoms with Gasteiger partial charge in [-0.1, -0.05) is 0 Å². The number of anilines is 2. The van der Waals surface area contributed by atoms with Crippen LogP contribution in [0.4, 0.5) is 10.9 Å². The number of hydrogen-bond acceptors (Lipinski definition) is 6. The Morgan fingerprint density at radius 1 is 1.29 bits per heavy atom. The summed E-state index contributed by atoms with van der Waals surface area (Å²) in [5, 5.41) is 3.60. The fourth-order valence-corrected chi connectivity index (χ4v) is 3.11. The van der Waals surface area contributed by atoms with Gasteiger partial charge >= 0.3 is 0 Å². The number of nitrogens with one attached hydrogen (secondary N) is 1. The summed E-state index contributed by atoms with van der Waals surface area (Å²) in [5.41, 5.74) is 0. The van der Waals surface area contributed by atoms with Crippen LogP contribution in [0.5, 0.6) is 0 Å². The van der Waals surface area contributed by atoms with Gasteiger partial charge in [-0.25, -0.2) is 9.97 Å². The van der Waals surface area contributed by atoms with Crippen molar-refractivity contribution in [1.29, 1.82) is 0 Å². The fourth-order valence-electron chi connectivity index (χ4n) is 2.45. The van der Waals surface area contributed by atoms with Crippen molar-refractivity contribution in [3.8, 4) is 0 Å². The van der Waals surface area contributed by atoms with E-state index in [2.05, 4.69) is 25.2 Å². The topological polar surface area (TPSA) is 71.0 Å². The summed E-state index contributed by atoms with van der Waals surface area (Å²) in [6, 6.07) is 0. The first kappa shape index (κ1) is 13.9. The molecule has 2 aromatic rings. The SMILES string of the molecule is Cc1cnc(NC(=O)C2CCN(c3cnccn3)CC2)s1. The highest BCUT2D eigenvalue weighted by Gasteiger charge is 2.26. The highest BCUT2D eigenvalue weighted by Crippen LogP contribution is 2.23. The molecule has 3 rings (SSSR count). The molecule has 1 N–H and O–H groups in total. The molecule has 1 aliphatic rings. The Morgan fingerprint density at radius 3 is 2.71 bits per heavy atom. The van der Waals surface area contributed by atoms with Crippen molar-refractivity contribution < 1.29 is 4.79 Å². The highest BCUT2D eigenvalue weighted by molar-refractivity contribution is 7.15. The molecule has 1 fully saturated rings. The number of rotatable bonds is 3. The van der Waals surface area contributed by atoms with E-state index in [1.165, 1.54) is 11.3 Å². The third-order valence-electron chi connectivity index (χ3n) is 3.59. The zero-order chi connectivity index (χ0) is 14.7. The molecule has 6 nitrogen and oxygen atoms in total. The number of thiazole rings is 1. The summed E-state index contributed by atoms with van der Waals surface area (Å²) in [5.74, 6) is 0.997. The molecule has 2 aromatic heterocycles. The van der Waals surface area contributed by atoms with Gasteiger partial charge in [0.15, 0.2) is 5.13 Å². The molecule has 0 saturated carbocycles. The van der Waals surface area contributed by atoms with E-state index in [0.717, 1.165) is 36.6 Å². The first-order chi connectivity index (χ1) is 10.2. The van der Waals surface area contributed by atoms with Crippen molar-refractivity contribution in [2.24, 2.45) is 5.92 Å². The number of piperidine rings is 1. The van der Waals surface area contributed by atoms with E-state index in [4.69, 9.17) is 0 Å². The minimum absolute atomic E-state index is 0.0436. The number of aryl methyl sites for hydroxylation is 1. The molecule has 1 amide bonds. The molecule has 7 heteroatoms. The van der Waals surface area contributed by atoms with Gasteiger partial charge in [-0.2, -0.15) is 0 Å². The maximum atomic E-state index is 12.2. The van der Waals surface area contributed by atoms with E-state index in [-0.39, 0.29) is 11.8 Å². The molecule has 0 spiro atoms. The molecule has 1 saturated heterocycles. The van der Waals surface area contributed by atoms with Gasteiger partial charge in [-0.15, -0.1) is 11.3 Å². The molecule has 0 aliphatic carbocycles. The van der Waals surface area contributed by atoms with Gasteiger partial charge in [0, 0.05) is 42.5 Å². The van der Waals surface area contributed by atoms with Gasteiger partial charge in [0.2, 0.25) is 5.91 Å². The highest BCUT2D eigenvalue weighted by atomic mass is 32.1. The third kappa shape index (κ3) is 3.36. The quantitative estimate of drug-likeness (QED) is 0.940. The van der Waals surface area contributed by atoms with Crippen molar-refractivity contribution in [2.45, 2.75) is 19.8 Å². The van der Waals surface area contributed by atoms with E-state index >= 15 is 0 Å². The van der Waals surface area contributed by atoms with Crippen molar-refractivity contribution in [2.75, 3.05) is 23.3 Å². The molecule has 3 heterocycles. The van der Waals surface area contributed by atoms with Crippen LogP contribution in [0.1, 0.15) is 17.7 Å². The van der Waals surface area contributed by atoms with Gasteiger partial charge in [0.05, 0.1) is 6.20 Å². The minimum Gasteiger partial charge on any atom is -0.355 e. The summed E-state index contributed by atoms with van der Waals surface area (Å²) in [6.07, 6.45) is 8.55. The van der Waals surface area contributed by atoms with Gasteiger partial charge in [-0.3, -0.25) is 9.78 Å². The molecule has 1 aliphatic heterocycles. The lowest BCUT2D eigenvalue weighted by Crippen LogP contribution is -2.38. The fraction of sp³-hybridized carbons (Fsp3) is 0.429. The Kier molecular flexibility index (Phi) is 4.10. The maximum Gasteiger partial charge on any atom is 0.229 e. The second-order valence-corrected chi connectivity index (χ2v) is 6.33. The Bertz CT molecular complexity index is 607. The number of hydrogen-bond donors (Lipinski definition) is 1. The average molecular weight is 303 g/mol. The van der Waals surface area contributed by atoms with E-state index in [0.29, 0.717) is 5.13 Å². The van der Waals surface area contributed by atoms with Crippen LogP contribution in [0.15, 0.2) is 24.8 Å². The standard InChI is InChI=1S/C14H17N5OS/c1-10-8-17-14(21-10)18-13(20)11-2-6-19(7-3-11)12-9-15-4-5-16-12/h4-5,8-9,11H,2-3,6-7H2,1H3,(H,17,18,20). The number of carbonyl (C=O) groups is 1. The molecule has 0 aromatic carbocycles. The third-order valence-corrected chi connectivity index (χ3v) is 4.42. The largest absolute Gasteiger partial charge is 0.355 e. The lowest BCUT2D eigenvalue weighted by molar-refractivity contribution is -0.120. The number of nitrogens with zero attached hydrogens (tertiary/aromatic N) is 4. The minimum atomic E-state index is 0.0436. The normalized spacial score (nSPS) is 16.0. The Morgan fingerprint density at radius 2 is 2.10 bits per heavy atom. The van der Waals surface area contributed by atoms with E-state index < -0.39 is 0 Å². The Labute approximate surface area is 127 Å². The van der Waals surface area contributed by atoms with Crippen LogP contribution >= 0.6 is 11.3 Å². The van der Waals surface area contributed by atoms with Crippen molar-refractivity contribution in [1.82, 2.24) is 15.0 Å². The predicted octanol–water partition coefficient (Wildman–Crippen LogP) is 2.10. The van der Waals surface area contributed by atoms with E-state index in [1.54, 1.807) is 24.8 Å². The van der Waals surface area contributed by atoms with E-state index in [1.807, 2.05) is 6.92 Å². The van der Waals surface area contributed by atoms with Crippen LogP contribution in [0.25, 0.3) is 0 Å². The second kappa shape index (κ2) is 6.17. The summed E-state index contributed by atoms with van der Waals surface area (Å²) in [6.45, 7) is 3.63. The lowest BCUT2D eigenvalue weighted by Gasteiger charge is -2.31. The van der Waals surface area contributed by atoms with Gasteiger partial charge in [0.1, 0.15) is 5.82 Å². The second-order valence-electron chi connectivity index (χ2n) is 5.09. The molecule has 0 unspecified atom stereocenters. The first-order valence-corrected chi connectivity index (χ1v) is 7.78. The summed E-state index contributed by atoms with van der Waals surface area (Å²) >= 11 is 1.51. The van der Waals surface area contributed by atoms with Crippen molar-refractivity contribution in [3.05, 3.63) is 29.7 Å². The predicted molar refractivity (Wildman–Crippen MR) is 82.4 cm³/mol. The smallest absolute Gasteiger partial charge is 0.229 e. The summed E-state index contributed by atoms with van der Waals surface area (Å²) in [4.78, 5) is 28.0. The molecule has 0 atom stereocenters. The van der Waals surface area contributed by atoms with Crippen LogP contribution in [0, 0.1) is 12.8 Å². The summed E-state index contributed by atoms with van der Waals surface area (Å²) < 4.78 is 0. The van der Waals surface area contributed by atoms with E-state index in [9.17, 15) is 4.79 Å². The first-order valence-electron chi connectivity index (χ1n) is 6.96. The molecular weight excluding hydrogens is 286 g/mol. The molecule has 0 bridgehead atoms. The zero-order valence-electron chi connectivity index (χ0n) is 11.8. The monoisotopic (exact) mass is 303 g/mol. The van der Waals surface area contributed by atoms with Crippen molar-refractivity contribution >= 4 is 28.2 Å². The zero-order valence-corrected chi connectivity index (χ0v) is 12.6. The Balaban J connectivity index is 1.54. The van der Waals surface area contributed by atoms with Crippen molar-refractivity contribution in [3.63, 3.8) is 0 Å². The number of aromatic nitrogens is 3.